The van der Waals surface area contributed by atoms with Gasteiger partial charge in [-0.1, -0.05) is 0 Å². The van der Waals surface area contributed by atoms with Gasteiger partial charge in [-0.05, 0) is 25.1 Å². The van der Waals surface area contributed by atoms with E-state index in [0.29, 0.717) is 5.56 Å². The molecule has 142 valence electrons. The summed E-state index contributed by atoms with van der Waals surface area (Å²) < 4.78 is 45.5. The minimum Gasteiger partial charge on any atom is -0.410 e. The van der Waals surface area contributed by atoms with Crippen molar-refractivity contribution in [3.63, 3.8) is 0 Å². The molecule has 3 unspecified atom stereocenters. The molecule has 9 heteroatoms. The number of rotatable bonds is 4. The van der Waals surface area contributed by atoms with Gasteiger partial charge in [0.25, 0.3) is 0 Å². The summed E-state index contributed by atoms with van der Waals surface area (Å²) in [6, 6.07) is 2.49. The van der Waals surface area contributed by atoms with E-state index in [9.17, 15) is 22.8 Å². The minimum absolute atomic E-state index is 0.0324. The maximum absolute atomic E-state index is 13.9. The van der Waals surface area contributed by atoms with Crippen LogP contribution in [0.1, 0.15) is 18.9 Å². The van der Waals surface area contributed by atoms with Crippen LogP contribution in [-0.4, -0.2) is 54.4 Å². The standard InChI is InChI=1S/C17H20F3N3O3/c1-9(16-13(20)5-12(19)6-21-16)22-15(24)8-23-7-10-4-11(18)2-3-14(10)26-17(23)25/h2-4,9,12-13,16,21H,5-8H2,1H3,(H,22,24)/t9-,12?,13?,16?/m1/s1. The first-order chi connectivity index (χ1) is 12.3. The highest BCUT2D eigenvalue weighted by atomic mass is 19.1. The Morgan fingerprint density at radius 3 is 2.96 bits per heavy atom. The molecule has 0 aromatic heterocycles. The second-order valence-corrected chi connectivity index (χ2v) is 6.62. The van der Waals surface area contributed by atoms with Crippen LogP contribution < -0.4 is 15.4 Å². The summed E-state index contributed by atoms with van der Waals surface area (Å²) >= 11 is 0. The van der Waals surface area contributed by atoms with Crippen molar-refractivity contribution in [2.24, 2.45) is 0 Å². The van der Waals surface area contributed by atoms with Crippen LogP contribution in [0.25, 0.3) is 0 Å². The predicted molar refractivity (Wildman–Crippen MR) is 86.6 cm³/mol. The fourth-order valence-corrected chi connectivity index (χ4v) is 3.24. The van der Waals surface area contributed by atoms with Gasteiger partial charge in [0.05, 0.1) is 12.6 Å². The molecule has 0 radical (unpaired) electrons. The third-order valence-corrected chi connectivity index (χ3v) is 4.55. The zero-order valence-corrected chi connectivity index (χ0v) is 14.2. The average Bonchev–Trinajstić information content (AvgIpc) is 2.55. The smallest absolute Gasteiger partial charge is 0.410 e. The van der Waals surface area contributed by atoms with E-state index in [2.05, 4.69) is 10.6 Å². The number of alkyl halides is 2. The van der Waals surface area contributed by atoms with Crippen molar-refractivity contribution >= 4 is 12.0 Å². The molecule has 1 aromatic carbocycles. The maximum Gasteiger partial charge on any atom is 0.416 e. The summed E-state index contributed by atoms with van der Waals surface area (Å²) in [5.74, 6) is -0.720. The minimum atomic E-state index is -1.41. The van der Waals surface area contributed by atoms with Gasteiger partial charge in [-0.25, -0.2) is 18.0 Å². The van der Waals surface area contributed by atoms with Crippen LogP contribution in [0.3, 0.4) is 0 Å². The summed E-state index contributed by atoms with van der Waals surface area (Å²) in [4.78, 5) is 25.3. The Bertz CT molecular complexity index is 703. The number of piperidine rings is 1. The maximum atomic E-state index is 13.9. The van der Waals surface area contributed by atoms with Crippen LogP contribution in [0.4, 0.5) is 18.0 Å². The third-order valence-electron chi connectivity index (χ3n) is 4.55. The predicted octanol–water partition coefficient (Wildman–Crippen LogP) is 1.68. The quantitative estimate of drug-likeness (QED) is 0.845. The SMILES string of the molecule is C[C@@H](NC(=O)CN1Cc2cc(F)ccc2OC1=O)C1NCC(F)CC1F. The number of carbonyl (C=O) groups excluding carboxylic acids is 2. The van der Waals surface area contributed by atoms with E-state index < -0.39 is 42.2 Å². The molecule has 2 amide bonds. The van der Waals surface area contributed by atoms with Crippen molar-refractivity contribution < 1.29 is 27.5 Å². The van der Waals surface area contributed by atoms with E-state index >= 15 is 0 Å². The van der Waals surface area contributed by atoms with Crippen LogP contribution in [0.15, 0.2) is 18.2 Å². The van der Waals surface area contributed by atoms with Crippen molar-refractivity contribution in [2.45, 2.75) is 44.3 Å². The number of nitrogens with one attached hydrogen (secondary N) is 2. The monoisotopic (exact) mass is 371 g/mol. The molecule has 0 saturated carbocycles. The van der Waals surface area contributed by atoms with Crippen molar-refractivity contribution in [2.75, 3.05) is 13.1 Å². The molecule has 4 atom stereocenters. The largest absolute Gasteiger partial charge is 0.416 e. The van der Waals surface area contributed by atoms with Crippen LogP contribution in [0.2, 0.25) is 0 Å². The summed E-state index contributed by atoms with van der Waals surface area (Å²) in [6.45, 7) is 1.37. The highest BCUT2D eigenvalue weighted by molar-refractivity contribution is 5.83. The fraction of sp³-hybridized carbons (Fsp3) is 0.529. The van der Waals surface area contributed by atoms with Crippen molar-refractivity contribution in [3.05, 3.63) is 29.6 Å². The van der Waals surface area contributed by atoms with Crippen LogP contribution >= 0.6 is 0 Å². The molecule has 0 aliphatic carbocycles. The van der Waals surface area contributed by atoms with Gasteiger partial charge in [0, 0.05) is 24.6 Å². The molecule has 1 saturated heterocycles. The first-order valence-corrected chi connectivity index (χ1v) is 8.39. The molecule has 2 N–H and O–H groups in total. The lowest BCUT2D eigenvalue weighted by Crippen LogP contribution is -2.58. The van der Waals surface area contributed by atoms with Crippen LogP contribution in [0, 0.1) is 5.82 Å². The second-order valence-electron chi connectivity index (χ2n) is 6.62. The number of benzene rings is 1. The van der Waals surface area contributed by atoms with Gasteiger partial charge in [-0.3, -0.25) is 9.69 Å². The molecule has 0 spiro atoms. The van der Waals surface area contributed by atoms with E-state index in [1.807, 2.05) is 0 Å². The Morgan fingerprint density at radius 1 is 1.46 bits per heavy atom. The van der Waals surface area contributed by atoms with E-state index in [-0.39, 0.29) is 31.8 Å². The van der Waals surface area contributed by atoms with E-state index in [1.54, 1.807) is 6.92 Å². The van der Waals surface area contributed by atoms with Crippen molar-refractivity contribution in [3.8, 4) is 5.75 Å². The van der Waals surface area contributed by atoms with Crippen LogP contribution in [-0.2, 0) is 11.3 Å². The van der Waals surface area contributed by atoms with E-state index in [0.717, 1.165) is 4.90 Å². The molecule has 26 heavy (non-hydrogen) atoms. The van der Waals surface area contributed by atoms with Gasteiger partial charge in [0.1, 0.15) is 30.5 Å². The fourth-order valence-electron chi connectivity index (χ4n) is 3.24. The molecule has 6 nitrogen and oxygen atoms in total. The topological polar surface area (TPSA) is 70.7 Å². The average molecular weight is 371 g/mol. The number of nitrogens with zero attached hydrogens (tertiary/aromatic N) is 1. The Labute approximate surface area is 148 Å². The van der Waals surface area contributed by atoms with Gasteiger partial charge < -0.3 is 15.4 Å². The Hall–Kier alpha value is -2.29. The van der Waals surface area contributed by atoms with Gasteiger partial charge in [-0.15, -0.1) is 0 Å². The molecular weight excluding hydrogens is 351 g/mol. The lowest BCUT2D eigenvalue weighted by atomic mass is 9.96. The van der Waals surface area contributed by atoms with Gasteiger partial charge >= 0.3 is 6.09 Å². The van der Waals surface area contributed by atoms with E-state index in [1.165, 1.54) is 18.2 Å². The van der Waals surface area contributed by atoms with Gasteiger partial charge in [0.15, 0.2) is 0 Å². The molecule has 2 aliphatic heterocycles. The molecule has 1 aromatic rings. The normalized spacial score (nSPS) is 26.7. The lowest BCUT2D eigenvalue weighted by molar-refractivity contribution is -0.123. The van der Waals surface area contributed by atoms with Gasteiger partial charge in [0.2, 0.25) is 5.91 Å². The lowest BCUT2D eigenvalue weighted by Gasteiger charge is -2.34. The third kappa shape index (κ3) is 4.09. The first kappa shape index (κ1) is 18.5. The Kier molecular flexibility index (Phi) is 5.36. The summed E-state index contributed by atoms with van der Waals surface area (Å²) in [5, 5.41) is 5.35. The molecule has 3 rings (SSSR count). The summed E-state index contributed by atoms with van der Waals surface area (Å²) in [7, 11) is 0. The number of ether oxygens (including phenoxy) is 1. The summed E-state index contributed by atoms with van der Waals surface area (Å²) in [6.07, 6.45) is -3.58. The zero-order chi connectivity index (χ0) is 18.8. The van der Waals surface area contributed by atoms with Crippen molar-refractivity contribution in [1.82, 2.24) is 15.5 Å². The summed E-state index contributed by atoms with van der Waals surface area (Å²) in [5.41, 5.74) is 0.456. The number of hydrogen-bond donors (Lipinski definition) is 2. The number of halogens is 3. The molecular formula is C17H20F3N3O3. The highest BCUT2D eigenvalue weighted by Gasteiger charge is 2.35. The number of amides is 2. The molecule has 0 bridgehead atoms. The molecule has 2 heterocycles. The van der Waals surface area contributed by atoms with Crippen molar-refractivity contribution in [1.29, 1.82) is 0 Å². The molecule has 2 aliphatic rings. The van der Waals surface area contributed by atoms with Gasteiger partial charge in [-0.2, -0.15) is 0 Å². The zero-order valence-electron chi connectivity index (χ0n) is 14.2. The number of hydrogen-bond acceptors (Lipinski definition) is 4. The first-order valence-electron chi connectivity index (χ1n) is 8.39. The Balaban J connectivity index is 1.57. The number of carbonyl (C=O) groups is 2. The van der Waals surface area contributed by atoms with E-state index in [4.69, 9.17) is 4.74 Å². The Morgan fingerprint density at radius 2 is 2.23 bits per heavy atom. The molecule has 1 fully saturated rings. The number of fused-ring (bicyclic) bond motifs is 1. The van der Waals surface area contributed by atoms with Crippen LogP contribution in [0.5, 0.6) is 5.75 Å². The highest BCUT2D eigenvalue weighted by Crippen LogP contribution is 2.26. The second kappa shape index (κ2) is 7.53.